The van der Waals surface area contributed by atoms with Crippen molar-refractivity contribution in [3.63, 3.8) is 0 Å². The SMILES string of the molecule is COc1ccc(C(O)C(=O)NC(C)C)cc1. The molecule has 0 fully saturated rings. The minimum Gasteiger partial charge on any atom is -0.497 e. The van der Waals surface area contributed by atoms with Crippen LogP contribution < -0.4 is 10.1 Å². The predicted octanol–water partition coefficient (Wildman–Crippen LogP) is 1.25. The molecule has 0 bridgehead atoms. The van der Waals surface area contributed by atoms with E-state index >= 15 is 0 Å². The molecule has 0 aliphatic rings. The number of ether oxygens (including phenoxy) is 1. The van der Waals surface area contributed by atoms with Crippen molar-refractivity contribution < 1.29 is 14.6 Å². The monoisotopic (exact) mass is 223 g/mol. The van der Waals surface area contributed by atoms with Gasteiger partial charge in [-0.05, 0) is 31.5 Å². The topological polar surface area (TPSA) is 58.6 Å². The van der Waals surface area contributed by atoms with E-state index in [0.29, 0.717) is 11.3 Å². The van der Waals surface area contributed by atoms with Gasteiger partial charge < -0.3 is 15.2 Å². The average molecular weight is 223 g/mol. The third kappa shape index (κ3) is 3.24. The van der Waals surface area contributed by atoms with E-state index in [1.165, 1.54) is 0 Å². The number of amides is 1. The molecular weight excluding hydrogens is 206 g/mol. The Hall–Kier alpha value is -1.55. The molecule has 1 unspecified atom stereocenters. The Morgan fingerprint density at radius 2 is 1.88 bits per heavy atom. The van der Waals surface area contributed by atoms with Crippen molar-refractivity contribution >= 4 is 5.91 Å². The molecule has 1 atom stereocenters. The second kappa shape index (κ2) is 5.51. The minimum atomic E-state index is -1.13. The molecule has 0 saturated heterocycles. The summed E-state index contributed by atoms with van der Waals surface area (Å²) >= 11 is 0. The summed E-state index contributed by atoms with van der Waals surface area (Å²) in [5, 5.41) is 12.4. The number of carbonyl (C=O) groups excluding carboxylic acids is 1. The van der Waals surface area contributed by atoms with Crippen LogP contribution in [0.1, 0.15) is 25.5 Å². The Kier molecular flexibility index (Phi) is 4.31. The molecule has 0 aliphatic carbocycles. The molecule has 1 aromatic carbocycles. The number of nitrogens with one attached hydrogen (secondary N) is 1. The van der Waals surface area contributed by atoms with Crippen molar-refractivity contribution in [3.05, 3.63) is 29.8 Å². The smallest absolute Gasteiger partial charge is 0.253 e. The third-order valence-electron chi connectivity index (χ3n) is 2.11. The number of methoxy groups -OCH3 is 1. The summed E-state index contributed by atoms with van der Waals surface area (Å²) in [6, 6.07) is 6.77. The first-order chi connectivity index (χ1) is 7.54. The van der Waals surface area contributed by atoms with Gasteiger partial charge in [-0.25, -0.2) is 0 Å². The molecule has 0 radical (unpaired) electrons. The predicted molar refractivity (Wildman–Crippen MR) is 61.2 cm³/mol. The number of benzene rings is 1. The fourth-order valence-corrected chi connectivity index (χ4v) is 1.30. The van der Waals surface area contributed by atoms with Gasteiger partial charge in [0.25, 0.3) is 5.91 Å². The highest BCUT2D eigenvalue weighted by atomic mass is 16.5. The zero-order valence-corrected chi connectivity index (χ0v) is 9.73. The van der Waals surface area contributed by atoms with Gasteiger partial charge in [0.2, 0.25) is 0 Å². The average Bonchev–Trinajstić information content (AvgIpc) is 2.27. The molecule has 0 saturated carbocycles. The highest BCUT2D eigenvalue weighted by Gasteiger charge is 2.17. The second-order valence-electron chi connectivity index (χ2n) is 3.84. The van der Waals surface area contributed by atoms with Gasteiger partial charge in [-0.3, -0.25) is 4.79 Å². The molecule has 1 amide bonds. The lowest BCUT2D eigenvalue weighted by atomic mass is 10.1. The van der Waals surface area contributed by atoms with Gasteiger partial charge in [0, 0.05) is 6.04 Å². The van der Waals surface area contributed by atoms with Crippen LogP contribution in [0, 0.1) is 0 Å². The number of aliphatic hydroxyl groups is 1. The Labute approximate surface area is 95.2 Å². The summed E-state index contributed by atoms with van der Waals surface area (Å²) in [7, 11) is 1.57. The first-order valence-corrected chi connectivity index (χ1v) is 5.17. The summed E-state index contributed by atoms with van der Waals surface area (Å²) in [5.41, 5.74) is 0.555. The lowest BCUT2D eigenvalue weighted by Gasteiger charge is -2.14. The highest BCUT2D eigenvalue weighted by Crippen LogP contribution is 2.17. The van der Waals surface area contributed by atoms with E-state index in [1.54, 1.807) is 31.4 Å². The van der Waals surface area contributed by atoms with Gasteiger partial charge in [-0.1, -0.05) is 12.1 Å². The van der Waals surface area contributed by atoms with E-state index in [-0.39, 0.29) is 11.9 Å². The first kappa shape index (κ1) is 12.5. The quantitative estimate of drug-likeness (QED) is 0.807. The van der Waals surface area contributed by atoms with E-state index in [4.69, 9.17) is 4.74 Å². The van der Waals surface area contributed by atoms with Gasteiger partial charge in [0.05, 0.1) is 7.11 Å². The van der Waals surface area contributed by atoms with Crippen LogP contribution in [0.15, 0.2) is 24.3 Å². The molecule has 16 heavy (non-hydrogen) atoms. The Balaban J connectivity index is 2.72. The molecule has 88 valence electrons. The van der Waals surface area contributed by atoms with Crippen LogP contribution in [-0.2, 0) is 4.79 Å². The van der Waals surface area contributed by atoms with Crippen LogP contribution in [0.25, 0.3) is 0 Å². The Bertz CT molecular complexity index is 346. The van der Waals surface area contributed by atoms with Crippen LogP contribution >= 0.6 is 0 Å². The van der Waals surface area contributed by atoms with Crippen LogP contribution in [0.3, 0.4) is 0 Å². The molecule has 1 aromatic rings. The van der Waals surface area contributed by atoms with Crippen molar-refractivity contribution in [2.45, 2.75) is 26.0 Å². The van der Waals surface area contributed by atoms with Crippen LogP contribution in [0.4, 0.5) is 0 Å². The molecule has 0 aromatic heterocycles. The number of hydrogen-bond donors (Lipinski definition) is 2. The maximum atomic E-state index is 11.5. The maximum Gasteiger partial charge on any atom is 0.253 e. The molecular formula is C12H17NO3. The lowest BCUT2D eigenvalue weighted by Crippen LogP contribution is -2.34. The van der Waals surface area contributed by atoms with Crippen molar-refractivity contribution in [2.75, 3.05) is 7.11 Å². The highest BCUT2D eigenvalue weighted by molar-refractivity contribution is 5.82. The fourth-order valence-electron chi connectivity index (χ4n) is 1.30. The minimum absolute atomic E-state index is 0.0143. The summed E-state index contributed by atoms with van der Waals surface area (Å²) < 4.78 is 4.99. The lowest BCUT2D eigenvalue weighted by molar-refractivity contribution is -0.130. The first-order valence-electron chi connectivity index (χ1n) is 5.17. The molecule has 1 rings (SSSR count). The maximum absolute atomic E-state index is 11.5. The number of rotatable bonds is 4. The van der Waals surface area contributed by atoms with E-state index in [2.05, 4.69) is 5.32 Å². The molecule has 0 spiro atoms. The molecule has 0 aliphatic heterocycles. The van der Waals surface area contributed by atoms with Crippen molar-refractivity contribution in [3.8, 4) is 5.75 Å². The fraction of sp³-hybridized carbons (Fsp3) is 0.417. The van der Waals surface area contributed by atoms with E-state index in [1.807, 2.05) is 13.8 Å². The second-order valence-corrected chi connectivity index (χ2v) is 3.84. The molecule has 0 heterocycles. The van der Waals surface area contributed by atoms with E-state index in [9.17, 15) is 9.90 Å². The molecule has 2 N–H and O–H groups in total. The van der Waals surface area contributed by atoms with E-state index < -0.39 is 6.10 Å². The summed E-state index contributed by atoms with van der Waals surface area (Å²) in [6.07, 6.45) is -1.13. The van der Waals surface area contributed by atoms with Gasteiger partial charge in [-0.15, -0.1) is 0 Å². The Morgan fingerprint density at radius 3 is 2.31 bits per heavy atom. The zero-order chi connectivity index (χ0) is 12.1. The number of hydrogen-bond acceptors (Lipinski definition) is 3. The zero-order valence-electron chi connectivity index (χ0n) is 9.73. The summed E-state index contributed by atoms with van der Waals surface area (Å²) in [6.45, 7) is 3.69. The van der Waals surface area contributed by atoms with Crippen LogP contribution in [-0.4, -0.2) is 24.2 Å². The van der Waals surface area contributed by atoms with Gasteiger partial charge in [0.15, 0.2) is 6.10 Å². The van der Waals surface area contributed by atoms with E-state index in [0.717, 1.165) is 0 Å². The van der Waals surface area contributed by atoms with Crippen molar-refractivity contribution in [1.29, 1.82) is 0 Å². The normalized spacial score (nSPS) is 12.3. The standard InChI is InChI=1S/C12H17NO3/c1-8(2)13-12(15)11(14)9-4-6-10(16-3)7-5-9/h4-8,11,14H,1-3H3,(H,13,15). The Morgan fingerprint density at radius 1 is 1.31 bits per heavy atom. The van der Waals surface area contributed by atoms with Gasteiger partial charge >= 0.3 is 0 Å². The molecule has 4 heteroatoms. The van der Waals surface area contributed by atoms with Crippen molar-refractivity contribution in [2.24, 2.45) is 0 Å². The van der Waals surface area contributed by atoms with Crippen LogP contribution in [0.2, 0.25) is 0 Å². The van der Waals surface area contributed by atoms with Gasteiger partial charge in [-0.2, -0.15) is 0 Å². The van der Waals surface area contributed by atoms with Crippen LogP contribution in [0.5, 0.6) is 5.75 Å². The third-order valence-corrected chi connectivity index (χ3v) is 2.11. The van der Waals surface area contributed by atoms with Gasteiger partial charge in [0.1, 0.15) is 5.75 Å². The largest absolute Gasteiger partial charge is 0.497 e. The summed E-state index contributed by atoms with van der Waals surface area (Å²) in [4.78, 5) is 11.5. The summed E-state index contributed by atoms with van der Waals surface area (Å²) in [5.74, 6) is 0.306. The number of carbonyl (C=O) groups is 1. The number of aliphatic hydroxyl groups excluding tert-OH is 1. The van der Waals surface area contributed by atoms with Crippen molar-refractivity contribution in [1.82, 2.24) is 5.32 Å². The molecule has 4 nitrogen and oxygen atoms in total.